The van der Waals surface area contributed by atoms with Gasteiger partial charge in [0.1, 0.15) is 0 Å². The molecule has 0 fully saturated rings. The van der Waals surface area contributed by atoms with Crippen LogP contribution in [0.3, 0.4) is 0 Å². The van der Waals surface area contributed by atoms with Crippen LogP contribution in [0, 0.1) is 6.92 Å². The van der Waals surface area contributed by atoms with Crippen LogP contribution >= 0.6 is 0 Å². The van der Waals surface area contributed by atoms with Gasteiger partial charge in [-0.1, -0.05) is 48.5 Å². The predicted molar refractivity (Wildman–Crippen MR) is 94.3 cm³/mol. The van der Waals surface area contributed by atoms with Crippen LogP contribution in [0.25, 0.3) is 0 Å². The quantitative estimate of drug-likeness (QED) is 0.702. The molecule has 3 amide bonds. The lowest BCUT2D eigenvalue weighted by atomic mass is 10.1. The zero-order valence-corrected chi connectivity index (χ0v) is 14.0. The van der Waals surface area contributed by atoms with E-state index < -0.39 is 5.91 Å². The van der Waals surface area contributed by atoms with E-state index in [1.54, 1.807) is 12.1 Å². The number of hydrogen-bond donors (Lipinski definition) is 3. The number of amides is 3. The third kappa shape index (κ3) is 6.10. The molecule has 0 aliphatic rings. The molecule has 0 aliphatic carbocycles. The second kappa shape index (κ2) is 9.22. The molecular weight excluding hydrogens is 318 g/mol. The number of benzene rings is 2. The second-order valence-electron chi connectivity index (χ2n) is 5.58. The average Bonchev–Trinajstić information content (AvgIpc) is 2.64. The molecule has 0 aliphatic heterocycles. The van der Waals surface area contributed by atoms with E-state index in [0.29, 0.717) is 12.1 Å². The van der Waals surface area contributed by atoms with Crippen LogP contribution in [0.4, 0.5) is 0 Å². The summed E-state index contributed by atoms with van der Waals surface area (Å²) < 4.78 is 0. The van der Waals surface area contributed by atoms with Crippen molar-refractivity contribution in [1.29, 1.82) is 0 Å². The highest BCUT2D eigenvalue weighted by Crippen LogP contribution is 2.05. The van der Waals surface area contributed by atoms with Gasteiger partial charge < -0.3 is 5.32 Å². The first-order valence-electron chi connectivity index (χ1n) is 8.01. The first kappa shape index (κ1) is 18.2. The van der Waals surface area contributed by atoms with E-state index in [4.69, 9.17) is 0 Å². The molecule has 130 valence electrons. The number of hydrazine groups is 1. The van der Waals surface area contributed by atoms with Crippen LogP contribution in [0.15, 0.2) is 54.6 Å². The van der Waals surface area contributed by atoms with Gasteiger partial charge in [-0.3, -0.25) is 25.2 Å². The van der Waals surface area contributed by atoms with Crippen molar-refractivity contribution in [2.24, 2.45) is 0 Å². The number of aryl methyl sites for hydroxylation is 1. The predicted octanol–water partition coefficient (Wildman–Crippen LogP) is 1.85. The second-order valence-corrected chi connectivity index (χ2v) is 5.58. The molecule has 0 aromatic heterocycles. The lowest BCUT2D eigenvalue weighted by molar-refractivity contribution is -0.126. The first-order chi connectivity index (χ1) is 12.1. The van der Waals surface area contributed by atoms with Crippen LogP contribution in [0.2, 0.25) is 0 Å². The first-order valence-corrected chi connectivity index (χ1v) is 8.01. The molecule has 0 spiro atoms. The summed E-state index contributed by atoms with van der Waals surface area (Å²) in [6.45, 7) is 2.24. The fourth-order valence-electron chi connectivity index (χ4n) is 2.20. The van der Waals surface area contributed by atoms with Gasteiger partial charge in [-0.25, -0.2) is 0 Å². The van der Waals surface area contributed by atoms with Crippen LogP contribution in [-0.4, -0.2) is 17.7 Å². The van der Waals surface area contributed by atoms with Crippen molar-refractivity contribution in [2.45, 2.75) is 26.3 Å². The summed E-state index contributed by atoms with van der Waals surface area (Å²) in [7, 11) is 0. The summed E-state index contributed by atoms with van der Waals surface area (Å²) >= 11 is 0. The number of carbonyl (C=O) groups is 3. The molecule has 0 bridgehead atoms. The minimum atomic E-state index is -0.420. The maximum absolute atomic E-state index is 12.0. The SMILES string of the molecule is Cc1ccccc1C(=O)NNC(=O)CCC(=O)NCc1ccccc1. The summed E-state index contributed by atoms with van der Waals surface area (Å²) in [4.78, 5) is 35.4. The van der Waals surface area contributed by atoms with Gasteiger partial charge in [-0.2, -0.15) is 0 Å². The number of nitrogens with one attached hydrogen (secondary N) is 3. The van der Waals surface area contributed by atoms with Gasteiger partial charge in [0.05, 0.1) is 0 Å². The molecule has 0 radical (unpaired) electrons. The van der Waals surface area contributed by atoms with Gasteiger partial charge in [-0.15, -0.1) is 0 Å². The Kier molecular flexibility index (Phi) is 6.71. The monoisotopic (exact) mass is 339 g/mol. The van der Waals surface area contributed by atoms with E-state index in [2.05, 4.69) is 16.2 Å². The summed E-state index contributed by atoms with van der Waals surface area (Å²) in [5.74, 6) is -1.03. The molecule has 2 aromatic carbocycles. The topological polar surface area (TPSA) is 87.3 Å². The van der Waals surface area contributed by atoms with E-state index in [0.717, 1.165) is 11.1 Å². The number of carbonyl (C=O) groups excluding carboxylic acids is 3. The molecule has 6 nitrogen and oxygen atoms in total. The van der Waals surface area contributed by atoms with Gasteiger partial charge in [0.15, 0.2) is 0 Å². The third-order valence-corrected chi connectivity index (χ3v) is 3.62. The Labute approximate surface area is 146 Å². The highest BCUT2D eigenvalue weighted by Gasteiger charge is 2.10. The van der Waals surface area contributed by atoms with Gasteiger partial charge in [0.25, 0.3) is 5.91 Å². The van der Waals surface area contributed by atoms with Crippen molar-refractivity contribution in [2.75, 3.05) is 0 Å². The van der Waals surface area contributed by atoms with Crippen molar-refractivity contribution in [3.63, 3.8) is 0 Å². The van der Waals surface area contributed by atoms with Crippen molar-refractivity contribution < 1.29 is 14.4 Å². The van der Waals surface area contributed by atoms with Crippen LogP contribution < -0.4 is 16.2 Å². The molecule has 0 heterocycles. The Hall–Kier alpha value is -3.15. The normalized spacial score (nSPS) is 9.96. The fraction of sp³-hybridized carbons (Fsp3) is 0.211. The Bertz CT molecular complexity index is 745. The molecule has 3 N–H and O–H groups in total. The molecule has 25 heavy (non-hydrogen) atoms. The van der Waals surface area contributed by atoms with E-state index in [1.165, 1.54) is 0 Å². The molecule has 2 rings (SSSR count). The van der Waals surface area contributed by atoms with E-state index in [-0.39, 0.29) is 24.7 Å². The maximum Gasteiger partial charge on any atom is 0.269 e. The molecule has 0 atom stereocenters. The average molecular weight is 339 g/mol. The van der Waals surface area contributed by atoms with Gasteiger partial charge in [-0.05, 0) is 24.1 Å². The minimum Gasteiger partial charge on any atom is -0.352 e. The largest absolute Gasteiger partial charge is 0.352 e. The third-order valence-electron chi connectivity index (χ3n) is 3.62. The Morgan fingerprint density at radius 1 is 0.800 bits per heavy atom. The van der Waals surface area contributed by atoms with Crippen molar-refractivity contribution in [1.82, 2.24) is 16.2 Å². The van der Waals surface area contributed by atoms with Crippen LogP contribution in [0.5, 0.6) is 0 Å². The molecule has 0 saturated carbocycles. The summed E-state index contributed by atoms with van der Waals surface area (Å²) in [5.41, 5.74) is 6.96. The summed E-state index contributed by atoms with van der Waals surface area (Å²) in [6.07, 6.45) is 0.0492. The summed E-state index contributed by atoms with van der Waals surface area (Å²) in [6, 6.07) is 16.6. The van der Waals surface area contributed by atoms with Crippen molar-refractivity contribution in [3.05, 3.63) is 71.3 Å². The highest BCUT2D eigenvalue weighted by atomic mass is 16.2. The van der Waals surface area contributed by atoms with Crippen molar-refractivity contribution in [3.8, 4) is 0 Å². The summed E-state index contributed by atoms with van der Waals surface area (Å²) in [5, 5.41) is 2.75. The smallest absolute Gasteiger partial charge is 0.269 e. The van der Waals surface area contributed by atoms with Gasteiger partial charge in [0, 0.05) is 24.9 Å². The zero-order valence-electron chi connectivity index (χ0n) is 14.0. The minimum absolute atomic E-state index is 0.00528. The molecular formula is C19H21N3O3. The molecule has 2 aromatic rings. The lowest BCUT2D eigenvalue weighted by Crippen LogP contribution is -2.42. The zero-order chi connectivity index (χ0) is 18.1. The highest BCUT2D eigenvalue weighted by molar-refractivity contribution is 5.96. The Morgan fingerprint density at radius 3 is 2.16 bits per heavy atom. The van der Waals surface area contributed by atoms with E-state index >= 15 is 0 Å². The van der Waals surface area contributed by atoms with Gasteiger partial charge in [0.2, 0.25) is 11.8 Å². The standard InChI is InChI=1S/C19H21N3O3/c1-14-7-5-6-10-16(14)19(25)22-21-18(24)12-11-17(23)20-13-15-8-3-2-4-9-15/h2-10H,11-13H2,1H3,(H,20,23)(H,21,24)(H,22,25). The molecule has 0 unspecified atom stereocenters. The van der Waals surface area contributed by atoms with Crippen molar-refractivity contribution >= 4 is 17.7 Å². The van der Waals surface area contributed by atoms with Crippen LogP contribution in [-0.2, 0) is 16.1 Å². The molecule has 0 saturated heterocycles. The Balaban J connectivity index is 1.67. The molecule has 6 heteroatoms. The maximum atomic E-state index is 12.0. The van der Waals surface area contributed by atoms with Gasteiger partial charge >= 0.3 is 0 Å². The van der Waals surface area contributed by atoms with E-state index in [9.17, 15) is 14.4 Å². The van der Waals surface area contributed by atoms with Crippen LogP contribution in [0.1, 0.15) is 34.3 Å². The number of rotatable bonds is 6. The Morgan fingerprint density at radius 2 is 1.44 bits per heavy atom. The number of hydrogen-bond acceptors (Lipinski definition) is 3. The fourth-order valence-corrected chi connectivity index (χ4v) is 2.20. The lowest BCUT2D eigenvalue weighted by Gasteiger charge is -2.09. The van der Waals surface area contributed by atoms with E-state index in [1.807, 2.05) is 49.4 Å².